The topological polar surface area (TPSA) is 12.4 Å². The molecule has 0 bridgehead atoms. The zero-order valence-corrected chi connectivity index (χ0v) is 13.3. The maximum Gasteiger partial charge on any atom is 0.0455 e. The Morgan fingerprint density at radius 1 is 1.24 bits per heavy atom. The average molecular weight is 298 g/mol. The van der Waals surface area contributed by atoms with Crippen molar-refractivity contribution in [3.05, 3.63) is 34.0 Å². The molecule has 0 aromatic carbocycles. The van der Waals surface area contributed by atoms with E-state index in [0.29, 0.717) is 0 Å². The third-order valence-corrected chi connectivity index (χ3v) is 3.37. The predicted molar refractivity (Wildman–Crippen MR) is 82.8 cm³/mol. The van der Waals surface area contributed by atoms with Crippen molar-refractivity contribution in [3.8, 4) is 0 Å². The normalized spacial score (nSPS) is 15.4. The summed E-state index contributed by atoms with van der Waals surface area (Å²) in [4.78, 5) is 4.49. The summed E-state index contributed by atoms with van der Waals surface area (Å²) in [5.74, 6) is 0. The number of rotatable bonds is 6. The van der Waals surface area contributed by atoms with E-state index in [-0.39, 0.29) is 0 Å². The van der Waals surface area contributed by atoms with Crippen LogP contribution in [0.5, 0.6) is 0 Å². The lowest BCUT2D eigenvalue weighted by Gasteiger charge is -2.11. The molecule has 0 amide bonds. The van der Waals surface area contributed by atoms with Gasteiger partial charge in [0, 0.05) is 22.0 Å². The van der Waals surface area contributed by atoms with Gasteiger partial charge in [-0.3, -0.25) is 4.99 Å². The second-order valence-corrected chi connectivity index (χ2v) is 4.90. The van der Waals surface area contributed by atoms with Gasteiger partial charge in [0.05, 0.1) is 0 Å². The van der Waals surface area contributed by atoms with Crippen molar-refractivity contribution >= 4 is 21.6 Å². The lowest BCUT2D eigenvalue weighted by atomic mass is 10.0. The minimum absolute atomic E-state index is 1.02. The van der Waals surface area contributed by atoms with Gasteiger partial charge in [-0.1, -0.05) is 53.9 Å². The summed E-state index contributed by atoms with van der Waals surface area (Å²) in [7, 11) is 0. The molecule has 0 saturated carbocycles. The number of halogens is 1. The predicted octanol–water partition coefficient (Wildman–Crippen LogP) is 5.79. The standard InChI is InChI=1S/C15H24BrN/c1-6-9-11-17-13(5)15(14(16)8-3)12(4)10-7-2/h8-9,11H,6-7,10H2,1-5H3/b11-9+,14-8+,15-12-,17-13+. The number of hydrogen-bond donors (Lipinski definition) is 0. The van der Waals surface area contributed by atoms with E-state index < -0.39 is 0 Å². The highest BCUT2D eigenvalue weighted by Gasteiger charge is 2.08. The highest BCUT2D eigenvalue weighted by Crippen LogP contribution is 2.24. The molecule has 0 aliphatic carbocycles. The van der Waals surface area contributed by atoms with Gasteiger partial charge in [0.25, 0.3) is 0 Å². The van der Waals surface area contributed by atoms with Gasteiger partial charge < -0.3 is 0 Å². The Hall–Kier alpha value is -0.630. The highest BCUT2D eigenvalue weighted by atomic mass is 79.9. The molecule has 0 saturated heterocycles. The molecule has 2 heteroatoms. The molecule has 0 rings (SSSR count). The Labute approximate surface area is 115 Å². The summed E-state index contributed by atoms with van der Waals surface area (Å²) >= 11 is 3.62. The highest BCUT2D eigenvalue weighted by molar-refractivity contribution is 9.12. The first-order valence-corrected chi connectivity index (χ1v) is 7.09. The molecular weight excluding hydrogens is 274 g/mol. The number of allylic oxidation sites excluding steroid dienone is 5. The van der Waals surface area contributed by atoms with Crippen LogP contribution in [0.1, 0.15) is 53.9 Å². The lowest BCUT2D eigenvalue weighted by Crippen LogP contribution is -2.01. The zero-order chi connectivity index (χ0) is 13.3. The molecule has 0 fully saturated rings. The van der Waals surface area contributed by atoms with E-state index in [1.54, 1.807) is 0 Å². The molecule has 0 aromatic rings. The van der Waals surface area contributed by atoms with Crippen LogP contribution < -0.4 is 0 Å². The van der Waals surface area contributed by atoms with Crippen LogP contribution in [0.4, 0.5) is 0 Å². The van der Waals surface area contributed by atoms with E-state index in [2.05, 4.69) is 60.8 Å². The van der Waals surface area contributed by atoms with Gasteiger partial charge in [0.2, 0.25) is 0 Å². The monoisotopic (exact) mass is 297 g/mol. The van der Waals surface area contributed by atoms with Crippen molar-refractivity contribution in [2.75, 3.05) is 0 Å². The fourth-order valence-corrected chi connectivity index (χ4v) is 2.29. The van der Waals surface area contributed by atoms with Gasteiger partial charge >= 0.3 is 0 Å². The molecule has 17 heavy (non-hydrogen) atoms. The van der Waals surface area contributed by atoms with Crippen molar-refractivity contribution in [1.29, 1.82) is 0 Å². The molecule has 0 spiro atoms. The Balaban J connectivity index is 5.27. The SMILES string of the molecule is C\C=C(Br)/C(=C(/C)CCC)C(/C)=N/C=C/CC. The Morgan fingerprint density at radius 2 is 1.88 bits per heavy atom. The molecule has 0 aromatic heterocycles. The first-order chi connectivity index (χ1) is 8.08. The van der Waals surface area contributed by atoms with Gasteiger partial charge in [-0.05, 0) is 33.6 Å². The molecule has 96 valence electrons. The van der Waals surface area contributed by atoms with E-state index in [0.717, 1.165) is 29.5 Å². The van der Waals surface area contributed by atoms with Crippen molar-refractivity contribution in [2.24, 2.45) is 4.99 Å². The number of hydrogen-bond acceptors (Lipinski definition) is 1. The van der Waals surface area contributed by atoms with Gasteiger partial charge in [-0.15, -0.1) is 0 Å². The summed E-state index contributed by atoms with van der Waals surface area (Å²) in [5.41, 5.74) is 3.71. The molecule has 1 nitrogen and oxygen atoms in total. The molecule has 0 unspecified atom stereocenters. The van der Waals surface area contributed by atoms with Gasteiger partial charge in [-0.25, -0.2) is 0 Å². The molecular formula is C15H24BrN. The van der Waals surface area contributed by atoms with Crippen LogP contribution in [-0.4, -0.2) is 5.71 Å². The molecule has 0 aliphatic rings. The van der Waals surface area contributed by atoms with Crippen LogP contribution in [0.25, 0.3) is 0 Å². The van der Waals surface area contributed by atoms with Crippen molar-refractivity contribution in [1.82, 2.24) is 0 Å². The van der Waals surface area contributed by atoms with E-state index in [1.807, 2.05) is 13.1 Å². The number of aliphatic imine (C=N–C) groups is 1. The fraction of sp³-hybridized carbons (Fsp3) is 0.533. The lowest BCUT2D eigenvalue weighted by molar-refractivity contribution is 0.901. The fourth-order valence-electron chi connectivity index (χ4n) is 1.66. The first kappa shape index (κ1) is 16.4. The third kappa shape index (κ3) is 6.02. The van der Waals surface area contributed by atoms with Gasteiger partial charge in [0.1, 0.15) is 0 Å². The van der Waals surface area contributed by atoms with Crippen molar-refractivity contribution in [3.63, 3.8) is 0 Å². The van der Waals surface area contributed by atoms with E-state index in [9.17, 15) is 0 Å². The smallest absolute Gasteiger partial charge is 0.0455 e. The van der Waals surface area contributed by atoms with Crippen LogP contribution in [-0.2, 0) is 0 Å². The van der Waals surface area contributed by atoms with Crippen LogP contribution in [0.15, 0.2) is 39.0 Å². The van der Waals surface area contributed by atoms with Gasteiger partial charge in [-0.2, -0.15) is 0 Å². The van der Waals surface area contributed by atoms with Crippen molar-refractivity contribution < 1.29 is 0 Å². The van der Waals surface area contributed by atoms with Crippen LogP contribution >= 0.6 is 15.9 Å². The maximum absolute atomic E-state index is 4.49. The largest absolute Gasteiger partial charge is 0.261 e. The van der Waals surface area contributed by atoms with Crippen LogP contribution in [0.2, 0.25) is 0 Å². The second-order valence-electron chi connectivity index (χ2n) is 4.05. The van der Waals surface area contributed by atoms with E-state index in [4.69, 9.17) is 0 Å². The van der Waals surface area contributed by atoms with E-state index >= 15 is 0 Å². The zero-order valence-electron chi connectivity index (χ0n) is 11.7. The third-order valence-electron chi connectivity index (χ3n) is 2.52. The van der Waals surface area contributed by atoms with Crippen LogP contribution in [0.3, 0.4) is 0 Å². The van der Waals surface area contributed by atoms with E-state index in [1.165, 1.54) is 11.1 Å². The van der Waals surface area contributed by atoms with Gasteiger partial charge in [0.15, 0.2) is 0 Å². The minimum Gasteiger partial charge on any atom is -0.261 e. The molecule has 0 atom stereocenters. The maximum atomic E-state index is 4.49. The molecule has 0 radical (unpaired) electrons. The summed E-state index contributed by atoms with van der Waals surface area (Å²) < 4.78 is 1.13. The summed E-state index contributed by atoms with van der Waals surface area (Å²) in [6.07, 6.45) is 9.34. The van der Waals surface area contributed by atoms with Crippen molar-refractivity contribution in [2.45, 2.75) is 53.9 Å². The Morgan fingerprint density at radius 3 is 2.35 bits per heavy atom. The summed E-state index contributed by atoms with van der Waals surface area (Å²) in [5, 5.41) is 0. The average Bonchev–Trinajstić information content (AvgIpc) is 2.29. The quantitative estimate of drug-likeness (QED) is 0.435. The Bertz CT molecular complexity index is 346. The summed E-state index contributed by atoms with van der Waals surface area (Å²) in [6, 6.07) is 0. The number of nitrogens with zero attached hydrogens (tertiary/aromatic N) is 1. The Kier molecular flexibility index (Phi) is 9.06. The second kappa shape index (κ2) is 9.41. The molecule has 0 aliphatic heterocycles. The summed E-state index contributed by atoms with van der Waals surface area (Å²) in [6.45, 7) is 10.6. The minimum atomic E-state index is 1.02. The molecule has 0 N–H and O–H groups in total. The first-order valence-electron chi connectivity index (χ1n) is 6.30. The van der Waals surface area contributed by atoms with Crippen LogP contribution in [0, 0.1) is 0 Å². The molecule has 0 heterocycles.